The van der Waals surface area contributed by atoms with Crippen LogP contribution in [0, 0.1) is 0 Å². The van der Waals surface area contributed by atoms with Crippen molar-refractivity contribution in [1.29, 1.82) is 0 Å². The highest BCUT2D eigenvalue weighted by atomic mass is 127. The molecular formula is C22H32IN3O4. The van der Waals surface area contributed by atoms with E-state index >= 15 is 0 Å². The molecule has 0 unspecified atom stereocenters. The number of guanidine groups is 1. The Morgan fingerprint density at radius 2 is 1.77 bits per heavy atom. The Morgan fingerprint density at radius 1 is 0.967 bits per heavy atom. The second-order valence-electron chi connectivity index (χ2n) is 6.29. The van der Waals surface area contributed by atoms with Crippen molar-refractivity contribution in [1.82, 2.24) is 5.32 Å². The van der Waals surface area contributed by atoms with Gasteiger partial charge in [0.15, 0.2) is 17.5 Å². The van der Waals surface area contributed by atoms with Crippen LogP contribution in [-0.4, -0.2) is 54.1 Å². The molecule has 166 valence electrons. The van der Waals surface area contributed by atoms with Crippen molar-refractivity contribution in [2.24, 2.45) is 4.99 Å². The Bertz CT molecular complexity index is 787. The molecule has 0 atom stereocenters. The number of aliphatic imine (C=N–C) groups is 1. The van der Waals surface area contributed by atoms with Gasteiger partial charge in [0.25, 0.3) is 0 Å². The van der Waals surface area contributed by atoms with E-state index in [9.17, 15) is 0 Å². The summed E-state index contributed by atoms with van der Waals surface area (Å²) in [6.45, 7) is 2.03. The molecule has 0 radical (unpaired) electrons. The summed E-state index contributed by atoms with van der Waals surface area (Å²) >= 11 is 0. The third-order valence-electron chi connectivity index (χ3n) is 4.24. The monoisotopic (exact) mass is 529 g/mol. The molecule has 0 heterocycles. The lowest BCUT2D eigenvalue weighted by Crippen LogP contribution is -2.32. The van der Waals surface area contributed by atoms with Gasteiger partial charge in [-0.25, -0.2) is 0 Å². The summed E-state index contributed by atoms with van der Waals surface area (Å²) in [5.74, 6) is 2.97. The average Bonchev–Trinajstić information content (AvgIpc) is 2.76. The fourth-order valence-electron chi connectivity index (χ4n) is 2.73. The van der Waals surface area contributed by atoms with Crippen LogP contribution in [0.2, 0.25) is 0 Å². The van der Waals surface area contributed by atoms with Gasteiger partial charge in [-0.2, -0.15) is 0 Å². The SMILES string of the molecule is CN=C(NCCc1ccc(OC)c(OC)c1)Nc1cccc(OCCCOC)c1.I. The molecule has 2 rings (SSSR count). The maximum Gasteiger partial charge on any atom is 0.195 e. The zero-order chi connectivity index (χ0) is 20.9. The summed E-state index contributed by atoms with van der Waals surface area (Å²) in [6.07, 6.45) is 1.68. The van der Waals surface area contributed by atoms with E-state index in [2.05, 4.69) is 15.6 Å². The Balaban J connectivity index is 0.00000450. The lowest BCUT2D eigenvalue weighted by Gasteiger charge is -2.14. The largest absolute Gasteiger partial charge is 0.493 e. The molecule has 0 aromatic heterocycles. The number of nitrogens with one attached hydrogen (secondary N) is 2. The van der Waals surface area contributed by atoms with Crippen molar-refractivity contribution in [3.05, 3.63) is 48.0 Å². The molecule has 0 saturated carbocycles. The minimum Gasteiger partial charge on any atom is -0.493 e. The van der Waals surface area contributed by atoms with E-state index in [4.69, 9.17) is 18.9 Å². The van der Waals surface area contributed by atoms with Crippen molar-refractivity contribution in [3.8, 4) is 17.2 Å². The maximum atomic E-state index is 5.74. The quantitative estimate of drug-likeness (QED) is 0.199. The van der Waals surface area contributed by atoms with Crippen LogP contribution in [0.25, 0.3) is 0 Å². The molecule has 0 aliphatic rings. The van der Waals surface area contributed by atoms with Crippen molar-refractivity contribution in [2.75, 3.05) is 53.5 Å². The van der Waals surface area contributed by atoms with Crippen molar-refractivity contribution in [3.63, 3.8) is 0 Å². The van der Waals surface area contributed by atoms with Gasteiger partial charge in [-0.05, 0) is 36.2 Å². The number of nitrogens with zero attached hydrogens (tertiary/aromatic N) is 1. The van der Waals surface area contributed by atoms with Gasteiger partial charge in [-0.3, -0.25) is 4.99 Å². The van der Waals surface area contributed by atoms with E-state index < -0.39 is 0 Å². The van der Waals surface area contributed by atoms with Gasteiger partial charge in [0.2, 0.25) is 0 Å². The normalized spacial score (nSPS) is 10.7. The first-order chi connectivity index (χ1) is 14.2. The number of rotatable bonds is 11. The Hall–Kier alpha value is -2.20. The molecule has 0 spiro atoms. The molecule has 7 nitrogen and oxygen atoms in total. The number of hydrogen-bond acceptors (Lipinski definition) is 5. The van der Waals surface area contributed by atoms with Crippen LogP contribution in [0.3, 0.4) is 0 Å². The number of anilines is 1. The number of benzene rings is 2. The molecule has 30 heavy (non-hydrogen) atoms. The predicted octanol–water partition coefficient (Wildman–Crippen LogP) is 3.97. The van der Waals surface area contributed by atoms with Gasteiger partial charge < -0.3 is 29.6 Å². The van der Waals surface area contributed by atoms with Crippen LogP contribution in [0.1, 0.15) is 12.0 Å². The van der Waals surface area contributed by atoms with Crippen molar-refractivity contribution >= 4 is 35.6 Å². The fourth-order valence-corrected chi connectivity index (χ4v) is 2.73. The predicted molar refractivity (Wildman–Crippen MR) is 132 cm³/mol. The van der Waals surface area contributed by atoms with Crippen LogP contribution < -0.4 is 24.8 Å². The van der Waals surface area contributed by atoms with E-state index in [1.165, 1.54) is 0 Å². The molecule has 0 bridgehead atoms. The van der Waals surface area contributed by atoms with E-state index in [1.54, 1.807) is 28.4 Å². The Kier molecular flexibility index (Phi) is 12.7. The maximum absolute atomic E-state index is 5.74. The summed E-state index contributed by atoms with van der Waals surface area (Å²) in [7, 11) is 6.71. The minimum absolute atomic E-state index is 0. The van der Waals surface area contributed by atoms with Crippen LogP contribution in [0.15, 0.2) is 47.5 Å². The molecular weight excluding hydrogens is 497 g/mol. The second-order valence-corrected chi connectivity index (χ2v) is 6.29. The molecule has 2 aromatic rings. The number of hydrogen-bond donors (Lipinski definition) is 2. The summed E-state index contributed by atoms with van der Waals surface area (Å²) in [6, 6.07) is 13.7. The number of ether oxygens (including phenoxy) is 4. The zero-order valence-corrected chi connectivity index (χ0v) is 20.4. The smallest absolute Gasteiger partial charge is 0.195 e. The second kappa shape index (κ2) is 14.7. The highest BCUT2D eigenvalue weighted by molar-refractivity contribution is 14.0. The first-order valence-corrected chi connectivity index (χ1v) is 9.60. The van der Waals surface area contributed by atoms with Crippen molar-refractivity contribution < 1.29 is 18.9 Å². The number of methoxy groups -OCH3 is 3. The standard InChI is InChI=1S/C22H31N3O4.HI/c1-23-22(24-12-11-17-9-10-20(27-3)21(15-17)28-4)25-18-7-5-8-19(16-18)29-14-6-13-26-2;/h5,7-10,15-16H,6,11-14H2,1-4H3,(H2,23,24,25);1H. The third kappa shape index (κ3) is 8.66. The summed E-state index contributed by atoms with van der Waals surface area (Å²) in [4.78, 5) is 4.28. The summed E-state index contributed by atoms with van der Waals surface area (Å²) in [5, 5.41) is 6.61. The molecule has 2 N–H and O–H groups in total. The van der Waals surface area contributed by atoms with Gasteiger partial charge in [-0.15, -0.1) is 24.0 Å². The van der Waals surface area contributed by atoms with Crippen LogP contribution >= 0.6 is 24.0 Å². The van der Waals surface area contributed by atoms with E-state index in [0.29, 0.717) is 19.2 Å². The molecule has 0 aliphatic heterocycles. The summed E-state index contributed by atoms with van der Waals surface area (Å²) in [5.41, 5.74) is 2.06. The van der Waals surface area contributed by atoms with Gasteiger partial charge >= 0.3 is 0 Å². The van der Waals surface area contributed by atoms with Crippen LogP contribution in [-0.2, 0) is 11.2 Å². The Morgan fingerprint density at radius 3 is 2.47 bits per heavy atom. The fraction of sp³-hybridized carbons (Fsp3) is 0.409. The lowest BCUT2D eigenvalue weighted by molar-refractivity contribution is 0.172. The third-order valence-corrected chi connectivity index (χ3v) is 4.24. The molecule has 8 heteroatoms. The van der Waals surface area contributed by atoms with Crippen molar-refractivity contribution in [2.45, 2.75) is 12.8 Å². The van der Waals surface area contributed by atoms with E-state index in [-0.39, 0.29) is 24.0 Å². The van der Waals surface area contributed by atoms with Gasteiger partial charge in [0.05, 0.1) is 20.8 Å². The molecule has 0 fully saturated rings. The molecule has 0 amide bonds. The first kappa shape index (κ1) is 25.8. The first-order valence-electron chi connectivity index (χ1n) is 9.60. The minimum atomic E-state index is 0. The highest BCUT2D eigenvalue weighted by Crippen LogP contribution is 2.27. The average molecular weight is 529 g/mol. The topological polar surface area (TPSA) is 73.3 Å². The molecule has 0 saturated heterocycles. The summed E-state index contributed by atoms with van der Waals surface area (Å²) < 4.78 is 21.4. The van der Waals surface area contributed by atoms with Crippen LogP contribution in [0.4, 0.5) is 5.69 Å². The van der Waals surface area contributed by atoms with E-state index in [0.717, 1.165) is 47.9 Å². The number of halogens is 1. The van der Waals surface area contributed by atoms with Gasteiger partial charge in [-0.1, -0.05) is 12.1 Å². The Labute approximate surface area is 196 Å². The van der Waals surface area contributed by atoms with Gasteiger partial charge in [0.1, 0.15) is 5.75 Å². The van der Waals surface area contributed by atoms with Gasteiger partial charge in [0, 0.05) is 45.5 Å². The zero-order valence-electron chi connectivity index (χ0n) is 18.1. The molecule has 0 aliphatic carbocycles. The molecule has 2 aromatic carbocycles. The van der Waals surface area contributed by atoms with Crippen LogP contribution in [0.5, 0.6) is 17.2 Å². The van der Waals surface area contributed by atoms with E-state index in [1.807, 2.05) is 42.5 Å². The lowest BCUT2D eigenvalue weighted by atomic mass is 10.1. The highest BCUT2D eigenvalue weighted by Gasteiger charge is 2.05.